The van der Waals surface area contributed by atoms with Crippen LogP contribution in [0.15, 0.2) is 59.3 Å². The van der Waals surface area contributed by atoms with Gasteiger partial charge >= 0.3 is 6.03 Å². The van der Waals surface area contributed by atoms with Gasteiger partial charge in [-0.25, -0.2) is 9.79 Å². The van der Waals surface area contributed by atoms with Crippen LogP contribution in [0.5, 0.6) is 5.75 Å². The van der Waals surface area contributed by atoms with Gasteiger partial charge in [0.25, 0.3) is 0 Å². The van der Waals surface area contributed by atoms with E-state index in [1.165, 1.54) is 0 Å². The fourth-order valence-electron chi connectivity index (χ4n) is 3.28. The Balaban J connectivity index is 1.96. The number of hydrogen-bond acceptors (Lipinski definition) is 6. The van der Waals surface area contributed by atoms with Crippen molar-refractivity contribution in [2.45, 2.75) is 13.5 Å². The summed E-state index contributed by atoms with van der Waals surface area (Å²) in [6, 6.07) is 4.83. The summed E-state index contributed by atoms with van der Waals surface area (Å²) in [6.07, 6.45) is 3.52. The van der Waals surface area contributed by atoms with Gasteiger partial charge in [-0.15, -0.1) is 0 Å². The van der Waals surface area contributed by atoms with E-state index in [4.69, 9.17) is 39.4 Å². The average Bonchev–Trinajstić information content (AvgIpc) is 3.36. The lowest BCUT2D eigenvalue weighted by Gasteiger charge is -2.19. The molecule has 0 atom stereocenters. The third-order valence-corrected chi connectivity index (χ3v) is 5.16. The Labute approximate surface area is 196 Å². The van der Waals surface area contributed by atoms with Crippen molar-refractivity contribution in [3.8, 4) is 5.75 Å². The summed E-state index contributed by atoms with van der Waals surface area (Å²) in [4.78, 5) is 18.3. The largest absolute Gasteiger partial charge is 0.491 e. The van der Waals surface area contributed by atoms with Crippen LogP contribution >= 0.6 is 23.2 Å². The number of nitrogens with one attached hydrogen (secondary N) is 1. The third-order valence-electron chi connectivity index (χ3n) is 4.65. The maximum Gasteiger partial charge on any atom is 0.318 e. The van der Waals surface area contributed by atoms with Crippen LogP contribution in [0.3, 0.4) is 0 Å². The molecule has 1 aromatic carbocycles. The van der Waals surface area contributed by atoms with E-state index in [0.29, 0.717) is 58.0 Å². The Morgan fingerprint density at radius 3 is 2.81 bits per heavy atom. The first kappa shape index (κ1) is 23.5. The highest BCUT2D eigenvalue weighted by atomic mass is 35.5. The number of amides is 2. The zero-order chi connectivity index (χ0) is 23.3. The van der Waals surface area contributed by atoms with Gasteiger partial charge in [0.05, 0.1) is 35.9 Å². The van der Waals surface area contributed by atoms with Gasteiger partial charge in [0.2, 0.25) is 0 Å². The molecule has 0 saturated heterocycles. The molecule has 0 bridgehead atoms. The predicted octanol–water partition coefficient (Wildman–Crippen LogP) is 2.75. The molecule has 0 fully saturated rings. The summed E-state index contributed by atoms with van der Waals surface area (Å²) in [7, 11) is 0. The molecule has 11 heteroatoms. The van der Waals surface area contributed by atoms with E-state index in [9.17, 15) is 4.79 Å². The van der Waals surface area contributed by atoms with Gasteiger partial charge in [0.15, 0.2) is 0 Å². The van der Waals surface area contributed by atoms with E-state index in [1.807, 2.05) is 19.2 Å². The van der Waals surface area contributed by atoms with Crippen LogP contribution in [0.4, 0.5) is 4.79 Å². The fraction of sp³-hybridized carbons (Fsp3) is 0.286. The number of nitrogens with zero attached hydrogens (tertiary/aromatic N) is 4. The Hall–Kier alpha value is -3.17. The maximum absolute atomic E-state index is 12.3. The van der Waals surface area contributed by atoms with E-state index in [2.05, 4.69) is 22.0 Å². The van der Waals surface area contributed by atoms with Gasteiger partial charge in [-0.1, -0.05) is 29.8 Å². The van der Waals surface area contributed by atoms with Crippen LogP contribution in [-0.4, -0.2) is 52.7 Å². The first-order valence-corrected chi connectivity index (χ1v) is 10.7. The highest BCUT2D eigenvalue weighted by Crippen LogP contribution is 2.35. The molecule has 2 amide bonds. The smallest absolute Gasteiger partial charge is 0.318 e. The van der Waals surface area contributed by atoms with Gasteiger partial charge < -0.3 is 26.4 Å². The van der Waals surface area contributed by atoms with Crippen molar-refractivity contribution in [3.63, 3.8) is 0 Å². The molecule has 2 heterocycles. The summed E-state index contributed by atoms with van der Waals surface area (Å²) < 4.78 is 7.75. The van der Waals surface area contributed by atoms with Crippen molar-refractivity contribution in [3.05, 3.63) is 69.9 Å². The van der Waals surface area contributed by atoms with E-state index in [0.717, 1.165) is 0 Å². The molecule has 0 aliphatic carbocycles. The number of aromatic nitrogens is 2. The van der Waals surface area contributed by atoms with Crippen LogP contribution in [0, 0.1) is 0 Å². The third kappa shape index (κ3) is 5.54. The lowest BCUT2D eigenvalue weighted by atomic mass is 10.0. The van der Waals surface area contributed by atoms with E-state index in [1.54, 1.807) is 27.9 Å². The summed E-state index contributed by atoms with van der Waals surface area (Å²) >= 11 is 12.8. The number of benzene rings is 1. The molecule has 0 unspecified atom stereocenters. The second-order valence-electron chi connectivity index (χ2n) is 7.03. The van der Waals surface area contributed by atoms with Crippen LogP contribution in [-0.2, 0) is 6.54 Å². The van der Waals surface area contributed by atoms with E-state index in [-0.39, 0.29) is 24.9 Å². The van der Waals surface area contributed by atoms with Crippen LogP contribution in [0.25, 0.3) is 0 Å². The summed E-state index contributed by atoms with van der Waals surface area (Å²) in [5.41, 5.74) is 14.1. The number of carbonyl (C=O) groups is 1. The molecule has 9 nitrogen and oxygen atoms in total. The van der Waals surface area contributed by atoms with Gasteiger partial charge in [0, 0.05) is 35.2 Å². The lowest BCUT2D eigenvalue weighted by Crippen LogP contribution is -2.39. The molecule has 32 heavy (non-hydrogen) atoms. The van der Waals surface area contributed by atoms with E-state index >= 15 is 0 Å². The van der Waals surface area contributed by atoms with Crippen LogP contribution in [0.2, 0.25) is 10.0 Å². The van der Waals surface area contributed by atoms with Crippen LogP contribution < -0.4 is 21.5 Å². The monoisotopic (exact) mass is 477 g/mol. The number of urea groups is 1. The minimum absolute atomic E-state index is 0.0604. The van der Waals surface area contributed by atoms with Gasteiger partial charge in [0.1, 0.15) is 18.2 Å². The molecule has 0 radical (unpaired) electrons. The van der Waals surface area contributed by atoms with Crippen molar-refractivity contribution < 1.29 is 9.53 Å². The molecule has 1 aliphatic rings. The molecule has 0 saturated carbocycles. The highest BCUT2D eigenvalue weighted by Gasteiger charge is 2.30. The molecule has 1 aromatic heterocycles. The standard InChI is InChI=1S/C21H25Cl2N7O2/c1-3-26-21(31)29-11-15(17(25)12-29)20(28-13(2)24)19-16(23)9-14(22)10-18(19)32-8-7-30-6-4-5-27-30/h4-6,9-10H,2-3,7-8,11-12,24-25H2,1H3,(H,26,31)/b28-20+. The quantitative estimate of drug-likeness (QED) is 0.504. The van der Waals surface area contributed by atoms with Gasteiger partial charge in [-0.2, -0.15) is 5.10 Å². The fourth-order valence-corrected chi connectivity index (χ4v) is 3.84. The topological polar surface area (TPSA) is 124 Å². The highest BCUT2D eigenvalue weighted by molar-refractivity contribution is 6.38. The number of aliphatic imine (C=N–C) groups is 1. The number of rotatable bonds is 8. The van der Waals surface area contributed by atoms with Crippen LogP contribution in [0.1, 0.15) is 12.5 Å². The minimum atomic E-state index is -0.228. The molecular weight excluding hydrogens is 453 g/mol. The molecule has 2 aromatic rings. The Morgan fingerprint density at radius 1 is 1.38 bits per heavy atom. The molecule has 0 spiro atoms. The summed E-state index contributed by atoms with van der Waals surface area (Å²) in [6.45, 7) is 7.34. The summed E-state index contributed by atoms with van der Waals surface area (Å²) in [5.74, 6) is 0.469. The predicted molar refractivity (Wildman–Crippen MR) is 126 cm³/mol. The Morgan fingerprint density at radius 2 is 2.16 bits per heavy atom. The number of nitrogens with two attached hydrogens (primary N) is 2. The second-order valence-corrected chi connectivity index (χ2v) is 7.87. The van der Waals surface area contributed by atoms with Crippen molar-refractivity contribution in [2.24, 2.45) is 16.5 Å². The van der Waals surface area contributed by atoms with Gasteiger partial charge in [-0.3, -0.25) is 4.68 Å². The molecule has 3 rings (SSSR count). The van der Waals surface area contributed by atoms with Crippen molar-refractivity contribution >= 4 is 34.9 Å². The normalized spacial score (nSPS) is 14.1. The zero-order valence-electron chi connectivity index (χ0n) is 17.6. The first-order chi connectivity index (χ1) is 15.3. The van der Waals surface area contributed by atoms with Gasteiger partial charge in [-0.05, 0) is 25.1 Å². The number of hydrogen-bond donors (Lipinski definition) is 3. The molecule has 170 valence electrons. The van der Waals surface area contributed by atoms with Crippen molar-refractivity contribution in [1.29, 1.82) is 0 Å². The molecule has 1 aliphatic heterocycles. The van der Waals surface area contributed by atoms with Crippen molar-refractivity contribution in [2.75, 3.05) is 26.2 Å². The first-order valence-electron chi connectivity index (χ1n) is 9.93. The second kappa shape index (κ2) is 10.4. The SMILES string of the molecule is C=C(N)/N=C(\C1=C(N)CN(C(=O)NCC)C1)c1c(Cl)cc(Cl)cc1OCCn1cccn1. The molecular formula is C21H25Cl2N7O2. The van der Waals surface area contributed by atoms with Crippen molar-refractivity contribution in [1.82, 2.24) is 20.0 Å². The maximum atomic E-state index is 12.3. The minimum Gasteiger partial charge on any atom is -0.491 e. The Kier molecular flexibility index (Phi) is 7.66. The number of carbonyl (C=O) groups excluding carboxylic acids is 1. The number of halogens is 2. The lowest BCUT2D eigenvalue weighted by molar-refractivity contribution is 0.210. The average molecular weight is 478 g/mol. The zero-order valence-corrected chi connectivity index (χ0v) is 19.2. The number of ether oxygens (including phenoxy) is 1. The molecule has 5 N–H and O–H groups in total. The Bertz CT molecular complexity index is 1060. The van der Waals surface area contributed by atoms with E-state index < -0.39 is 0 Å². The summed E-state index contributed by atoms with van der Waals surface area (Å²) in [5, 5.41) is 7.63.